The van der Waals surface area contributed by atoms with Crippen molar-refractivity contribution in [3.05, 3.63) is 30.1 Å². The Labute approximate surface area is 141 Å². The van der Waals surface area contributed by atoms with E-state index in [2.05, 4.69) is 5.32 Å². The maximum absolute atomic E-state index is 13.7. The van der Waals surface area contributed by atoms with Gasteiger partial charge in [-0.2, -0.15) is 0 Å². The molecule has 1 atom stereocenters. The molecule has 1 amide bonds. The number of benzene rings is 1. The molecule has 0 bridgehead atoms. The predicted octanol–water partition coefficient (Wildman–Crippen LogP) is 3.13. The molecule has 1 aromatic rings. The number of hydrogen-bond donors (Lipinski definition) is 2. The number of rotatable bonds is 7. The molecule has 0 spiro atoms. The van der Waals surface area contributed by atoms with Gasteiger partial charge in [-0.05, 0) is 31.4 Å². The maximum Gasteiger partial charge on any atom is 0.311 e. The van der Waals surface area contributed by atoms with Crippen LogP contribution < -0.4 is 10.1 Å². The summed E-state index contributed by atoms with van der Waals surface area (Å²) < 4.78 is 19.1. The van der Waals surface area contributed by atoms with Crippen LogP contribution in [0.1, 0.15) is 45.4 Å². The molecule has 1 unspecified atom stereocenters. The number of amides is 1. The maximum atomic E-state index is 13.7. The third-order valence-electron chi connectivity index (χ3n) is 4.63. The van der Waals surface area contributed by atoms with Crippen molar-refractivity contribution in [3.63, 3.8) is 0 Å². The predicted molar refractivity (Wildman–Crippen MR) is 87.3 cm³/mol. The highest BCUT2D eigenvalue weighted by Gasteiger charge is 2.40. The number of halogens is 1. The minimum Gasteiger partial charge on any atom is -0.481 e. The fourth-order valence-corrected chi connectivity index (χ4v) is 3.08. The summed E-state index contributed by atoms with van der Waals surface area (Å²) in [6.45, 7) is 1.84. The Hall–Kier alpha value is -2.11. The van der Waals surface area contributed by atoms with E-state index < -0.39 is 29.2 Å². The van der Waals surface area contributed by atoms with E-state index in [0.29, 0.717) is 19.3 Å². The standard InChI is InChI=1S/C18H24FNO4/c1-2-14(24-15-9-5-4-8-13(15)19)16(21)20-12-18(17(22)23)10-6-3-7-11-18/h4-5,8-9,14H,2-3,6-7,10-12H2,1H3,(H,20,21)(H,22,23). The molecule has 0 radical (unpaired) electrons. The van der Waals surface area contributed by atoms with Crippen LogP contribution in [0.2, 0.25) is 0 Å². The van der Waals surface area contributed by atoms with Gasteiger partial charge in [0.2, 0.25) is 0 Å². The lowest BCUT2D eigenvalue weighted by Crippen LogP contribution is -2.47. The van der Waals surface area contributed by atoms with Crippen molar-refractivity contribution in [2.45, 2.75) is 51.6 Å². The van der Waals surface area contributed by atoms with E-state index >= 15 is 0 Å². The number of para-hydroxylation sites is 1. The van der Waals surface area contributed by atoms with Crippen LogP contribution in [0.15, 0.2) is 24.3 Å². The van der Waals surface area contributed by atoms with Crippen LogP contribution in [0.4, 0.5) is 4.39 Å². The number of carbonyl (C=O) groups excluding carboxylic acids is 1. The Balaban J connectivity index is 1.98. The lowest BCUT2D eigenvalue weighted by atomic mass is 9.74. The van der Waals surface area contributed by atoms with Gasteiger partial charge < -0.3 is 15.2 Å². The van der Waals surface area contributed by atoms with Crippen molar-refractivity contribution >= 4 is 11.9 Å². The number of carboxylic acid groups (broad SMARTS) is 1. The molecule has 1 aromatic carbocycles. The first-order chi connectivity index (χ1) is 11.5. The largest absolute Gasteiger partial charge is 0.481 e. The highest BCUT2D eigenvalue weighted by Crippen LogP contribution is 2.36. The summed E-state index contributed by atoms with van der Waals surface area (Å²) in [6, 6.07) is 5.90. The minimum absolute atomic E-state index is 0.0186. The highest BCUT2D eigenvalue weighted by atomic mass is 19.1. The van der Waals surface area contributed by atoms with Crippen molar-refractivity contribution in [2.75, 3.05) is 6.54 Å². The molecule has 0 aromatic heterocycles. The fourth-order valence-electron chi connectivity index (χ4n) is 3.08. The molecule has 1 saturated carbocycles. The third kappa shape index (κ3) is 4.24. The number of ether oxygens (including phenoxy) is 1. The topological polar surface area (TPSA) is 75.6 Å². The molecule has 6 heteroatoms. The molecule has 0 heterocycles. The van der Waals surface area contributed by atoms with Crippen molar-refractivity contribution in [3.8, 4) is 5.75 Å². The van der Waals surface area contributed by atoms with E-state index in [9.17, 15) is 19.1 Å². The second kappa shape index (κ2) is 8.13. The molecule has 0 aliphatic heterocycles. The van der Waals surface area contributed by atoms with Gasteiger partial charge in [0.1, 0.15) is 0 Å². The summed E-state index contributed by atoms with van der Waals surface area (Å²) in [5.41, 5.74) is -0.899. The van der Waals surface area contributed by atoms with Gasteiger partial charge in [-0.15, -0.1) is 0 Å². The van der Waals surface area contributed by atoms with Crippen LogP contribution in [0, 0.1) is 11.2 Å². The number of hydrogen-bond acceptors (Lipinski definition) is 3. The van der Waals surface area contributed by atoms with Gasteiger partial charge in [0.05, 0.1) is 5.41 Å². The lowest BCUT2D eigenvalue weighted by Gasteiger charge is -2.33. The van der Waals surface area contributed by atoms with Crippen LogP contribution >= 0.6 is 0 Å². The van der Waals surface area contributed by atoms with E-state index in [0.717, 1.165) is 19.3 Å². The molecule has 2 N–H and O–H groups in total. The first-order valence-electron chi connectivity index (χ1n) is 8.41. The van der Waals surface area contributed by atoms with Gasteiger partial charge >= 0.3 is 5.97 Å². The van der Waals surface area contributed by atoms with Gasteiger partial charge in [0.15, 0.2) is 17.7 Å². The quantitative estimate of drug-likeness (QED) is 0.801. The zero-order chi connectivity index (χ0) is 17.6. The Bertz CT molecular complexity index is 584. The third-order valence-corrected chi connectivity index (χ3v) is 4.63. The summed E-state index contributed by atoms with van der Waals surface area (Å²) in [5, 5.41) is 12.2. The smallest absolute Gasteiger partial charge is 0.311 e. The minimum atomic E-state index is -0.899. The Morgan fingerprint density at radius 1 is 1.29 bits per heavy atom. The van der Waals surface area contributed by atoms with E-state index in [1.165, 1.54) is 12.1 Å². The normalized spacial score (nSPS) is 17.8. The van der Waals surface area contributed by atoms with Gasteiger partial charge in [0.25, 0.3) is 5.91 Å². The van der Waals surface area contributed by atoms with Crippen LogP contribution in [-0.2, 0) is 9.59 Å². The Kier molecular flexibility index (Phi) is 6.17. The first kappa shape index (κ1) is 18.2. The summed E-state index contributed by atoms with van der Waals surface area (Å²) >= 11 is 0. The van der Waals surface area contributed by atoms with Crippen LogP contribution in [0.5, 0.6) is 5.75 Å². The average Bonchev–Trinajstić information content (AvgIpc) is 2.59. The Morgan fingerprint density at radius 2 is 1.96 bits per heavy atom. The lowest BCUT2D eigenvalue weighted by molar-refractivity contribution is -0.151. The molecule has 0 saturated heterocycles. The van der Waals surface area contributed by atoms with E-state index in [1.54, 1.807) is 19.1 Å². The highest BCUT2D eigenvalue weighted by molar-refractivity contribution is 5.82. The molecule has 24 heavy (non-hydrogen) atoms. The molecule has 132 valence electrons. The van der Waals surface area contributed by atoms with Gasteiger partial charge in [-0.1, -0.05) is 38.3 Å². The number of aliphatic carboxylic acids is 1. The molecular weight excluding hydrogens is 313 g/mol. The SMILES string of the molecule is CCC(Oc1ccccc1F)C(=O)NCC1(C(=O)O)CCCCC1. The monoisotopic (exact) mass is 337 g/mol. The molecule has 1 fully saturated rings. The summed E-state index contributed by atoms with van der Waals surface area (Å²) in [6.07, 6.45) is 3.37. The molecule has 2 rings (SSSR count). The summed E-state index contributed by atoms with van der Waals surface area (Å²) in [5.74, 6) is -1.79. The van der Waals surface area contributed by atoms with Gasteiger partial charge in [-0.25, -0.2) is 4.39 Å². The van der Waals surface area contributed by atoms with E-state index in [-0.39, 0.29) is 12.3 Å². The number of carbonyl (C=O) groups is 2. The van der Waals surface area contributed by atoms with Crippen molar-refractivity contribution in [1.29, 1.82) is 0 Å². The van der Waals surface area contributed by atoms with Crippen LogP contribution in [0.25, 0.3) is 0 Å². The van der Waals surface area contributed by atoms with E-state index in [1.807, 2.05) is 0 Å². The number of carboxylic acids is 1. The second-order valence-corrected chi connectivity index (χ2v) is 6.31. The summed E-state index contributed by atoms with van der Waals surface area (Å²) in [7, 11) is 0. The molecule has 5 nitrogen and oxygen atoms in total. The van der Waals surface area contributed by atoms with Crippen molar-refractivity contribution in [2.24, 2.45) is 5.41 Å². The molecule has 1 aliphatic rings. The fraction of sp³-hybridized carbons (Fsp3) is 0.556. The zero-order valence-corrected chi connectivity index (χ0v) is 13.9. The van der Waals surface area contributed by atoms with Gasteiger partial charge in [-0.3, -0.25) is 9.59 Å². The average molecular weight is 337 g/mol. The molecular formula is C18H24FNO4. The second-order valence-electron chi connectivity index (χ2n) is 6.31. The van der Waals surface area contributed by atoms with E-state index in [4.69, 9.17) is 4.74 Å². The van der Waals surface area contributed by atoms with Crippen molar-refractivity contribution in [1.82, 2.24) is 5.32 Å². The molecule has 1 aliphatic carbocycles. The van der Waals surface area contributed by atoms with Crippen LogP contribution in [0.3, 0.4) is 0 Å². The van der Waals surface area contributed by atoms with Gasteiger partial charge in [0, 0.05) is 6.54 Å². The number of nitrogens with one attached hydrogen (secondary N) is 1. The Morgan fingerprint density at radius 3 is 2.54 bits per heavy atom. The first-order valence-corrected chi connectivity index (χ1v) is 8.41. The van der Waals surface area contributed by atoms with Crippen LogP contribution in [-0.4, -0.2) is 29.6 Å². The summed E-state index contributed by atoms with van der Waals surface area (Å²) in [4.78, 5) is 24.0. The van der Waals surface area contributed by atoms with Crippen molar-refractivity contribution < 1.29 is 23.8 Å². The zero-order valence-electron chi connectivity index (χ0n) is 13.9.